The van der Waals surface area contributed by atoms with Crippen molar-refractivity contribution in [3.8, 4) is 11.6 Å². The first-order valence-corrected chi connectivity index (χ1v) is 10.9. The summed E-state index contributed by atoms with van der Waals surface area (Å²) in [5.74, 6) is 0.768. The van der Waals surface area contributed by atoms with E-state index in [1.807, 2.05) is 24.3 Å². The molecule has 158 valence electrons. The average molecular weight is 406 g/mol. The highest BCUT2D eigenvalue weighted by Gasteiger charge is 2.18. The van der Waals surface area contributed by atoms with Gasteiger partial charge in [0.05, 0.1) is 6.61 Å². The molecule has 2 aromatic carbocycles. The van der Waals surface area contributed by atoms with Crippen LogP contribution in [0.3, 0.4) is 0 Å². The van der Waals surface area contributed by atoms with Crippen molar-refractivity contribution in [2.24, 2.45) is 0 Å². The molecule has 1 aliphatic heterocycles. The first-order chi connectivity index (χ1) is 14.6. The summed E-state index contributed by atoms with van der Waals surface area (Å²) in [6.45, 7) is 10.6. The van der Waals surface area contributed by atoms with Crippen LogP contribution in [0.15, 0.2) is 48.5 Å². The number of phenols is 1. The predicted molar refractivity (Wildman–Crippen MR) is 123 cm³/mol. The van der Waals surface area contributed by atoms with E-state index in [-0.39, 0.29) is 5.75 Å². The van der Waals surface area contributed by atoms with E-state index in [0.717, 1.165) is 51.0 Å². The standard InChI is InChI=1S/C25H31N3O2/c1-19-7-5-9-22(20(19)2)28-16-14-27(15-17-28)13-3-4-18-30-24-12-11-21-8-6-10-23(29)25(21)26-24/h5-12,29H,3-4,13-18H2,1-2H3. The van der Waals surface area contributed by atoms with E-state index >= 15 is 0 Å². The maximum atomic E-state index is 9.94. The highest BCUT2D eigenvalue weighted by molar-refractivity contribution is 5.84. The molecule has 0 bridgehead atoms. The van der Waals surface area contributed by atoms with Gasteiger partial charge in [0.1, 0.15) is 11.3 Å². The maximum absolute atomic E-state index is 9.94. The molecular weight excluding hydrogens is 374 g/mol. The molecule has 0 saturated carbocycles. The van der Waals surface area contributed by atoms with Crippen LogP contribution in [-0.4, -0.2) is 54.3 Å². The molecule has 0 amide bonds. The molecule has 1 aromatic heterocycles. The normalized spacial score (nSPS) is 14.9. The molecule has 1 fully saturated rings. The fourth-order valence-corrected chi connectivity index (χ4v) is 4.10. The molecule has 0 radical (unpaired) electrons. The summed E-state index contributed by atoms with van der Waals surface area (Å²) < 4.78 is 5.81. The zero-order valence-corrected chi connectivity index (χ0v) is 18.0. The number of benzene rings is 2. The Morgan fingerprint density at radius 3 is 2.57 bits per heavy atom. The second kappa shape index (κ2) is 9.35. The second-order valence-electron chi connectivity index (χ2n) is 8.10. The molecule has 1 saturated heterocycles. The molecule has 0 aliphatic carbocycles. The number of aromatic hydroxyl groups is 1. The fraction of sp³-hybridized carbons (Fsp3) is 0.400. The number of para-hydroxylation sites is 1. The Morgan fingerprint density at radius 2 is 1.73 bits per heavy atom. The van der Waals surface area contributed by atoms with E-state index in [1.54, 1.807) is 6.07 Å². The molecule has 0 unspecified atom stereocenters. The van der Waals surface area contributed by atoms with E-state index in [4.69, 9.17) is 4.74 Å². The van der Waals surface area contributed by atoms with Crippen molar-refractivity contribution in [3.05, 3.63) is 59.7 Å². The van der Waals surface area contributed by atoms with Crippen LogP contribution in [0.25, 0.3) is 10.9 Å². The SMILES string of the molecule is Cc1cccc(N2CCN(CCCCOc3ccc4cccc(O)c4n3)CC2)c1C. The predicted octanol–water partition coefficient (Wildman–Crippen LogP) is 4.54. The van der Waals surface area contributed by atoms with Crippen molar-refractivity contribution in [3.63, 3.8) is 0 Å². The molecule has 1 aliphatic rings. The smallest absolute Gasteiger partial charge is 0.213 e. The van der Waals surface area contributed by atoms with Gasteiger partial charge in [-0.25, -0.2) is 4.98 Å². The number of unbranched alkanes of at least 4 members (excludes halogenated alkanes) is 1. The molecule has 1 N–H and O–H groups in total. The van der Waals surface area contributed by atoms with Crippen molar-refractivity contribution in [2.75, 3.05) is 44.2 Å². The van der Waals surface area contributed by atoms with Crippen LogP contribution >= 0.6 is 0 Å². The summed E-state index contributed by atoms with van der Waals surface area (Å²) in [7, 11) is 0. The van der Waals surface area contributed by atoms with Crippen LogP contribution in [0.4, 0.5) is 5.69 Å². The zero-order valence-electron chi connectivity index (χ0n) is 18.0. The number of aromatic nitrogens is 1. The third kappa shape index (κ3) is 4.68. The Hall–Kier alpha value is -2.79. The van der Waals surface area contributed by atoms with Crippen LogP contribution in [0.1, 0.15) is 24.0 Å². The summed E-state index contributed by atoms with van der Waals surface area (Å²) in [6.07, 6.45) is 2.11. The average Bonchev–Trinajstić information content (AvgIpc) is 2.76. The molecule has 4 rings (SSSR count). The number of ether oxygens (including phenoxy) is 1. The van der Waals surface area contributed by atoms with Gasteiger partial charge in [0.25, 0.3) is 0 Å². The molecule has 5 heteroatoms. The lowest BCUT2D eigenvalue weighted by atomic mass is 10.1. The number of hydrogen-bond acceptors (Lipinski definition) is 5. The van der Waals surface area contributed by atoms with Gasteiger partial charge in [-0.15, -0.1) is 0 Å². The third-order valence-corrected chi connectivity index (χ3v) is 6.08. The summed E-state index contributed by atoms with van der Waals surface area (Å²) in [4.78, 5) is 9.49. The first kappa shape index (κ1) is 20.5. The molecule has 0 atom stereocenters. The monoisotopic (exact) mass is 405 g/mol. The number of fused-ring (bicyclic) bond motifs is 1. The summed E-state index contributed by atoms with van der Waals surface area (Å²) in [5.41, 5.74) is 4.75. The van der Waals surface area contributed by atoms with Gasteiger partial charge in [0, 0.05) is 43.3 Å². The van der Waals surface area contributed by atoms with Gasteiger partial charge in [-0.2, -0.15) is 0 Å². The van der Waals surface area contributed by atoms with Crippen molar-refractivity contribution in [1.82, 2.24) is 9.88 Å². The second-order valence-corrected chi connectivity index (χ2v) is 8.10. The van der Waals surface area contributed by atoms with Gasteiger partial charge in [-0.3, -0.25) is 4.90 Å². The molecule has 3 aromatic rings. The van der Waals surface area contributed by atoms with Crippen LogP contribution < -0.4 is 9.64 Å². The van der Waals surface area contributed by atoms with Gasteiger partial charge in [-0.1, -0.05) is 24.3 Å². The molecule has 5 nitrogen and oxygen atoms in total. The van der Waals surface area contributed by atoms with E-state index in [2.05, 4.69) is 46.8 Å². The number of aryl methyl sites for hydroxylation is 1. The Bertz CT molecular complexity index is 997. The van der Waals surface area contributed by atoms with Crippen molar-refractivity contribution < 1.29 is 9.84 Å². The van der Waals surface area contributed by atoms with Gasteiger partial charge < -0.3 is 14.7 Å². The number of hydrogen-bond donors (Lipinski definition) is 1. The van der Waals surface area contributed by atoms with Gasteiger partial charge in [0.2, 0.25) is 5.88 Å². The number of piperazine rings is 1. The van der Waals surface area contributed by atoms with Crippen LogP contribution in [0, 0.1) is 13.8 Å². The molecule has 2 heterocycles. The summed E-state index contributed by atoms with van der Waals surface area (Å²) in [6, 6.07) is 15.8. The number of phenolic OH excluding ortho intramolecular Hbond substituents is 1. The minimum absolute atomic E-state index is 0.193. The van der Waals surface area contributed by atoms with E-state index in [0.29, 0.717) is 18.0 Å². The van der Waals surface area contributed by atoms with E-state index in [1.165, 1.54) is 16.8 Å². The number of rotatable bonds is 7. The lowest BCUT2D eigenvalue weighted by Gasteiger charge is -2.37. The van der Waals surface area contributed by atoms with Gasteiger partial charge >= 0.3 is 0 Å². The van der Waals surface area contributed by atoms with Gasteiger partial charge in [0.15, 0.2) is 0 Å². The topological polar surface area (TPSA) is 48.8 Å². The largest absolute Gasteiger partial charge is 0.506 e. The number of pyridine rings is 1. The molecular formula is C25H31N3O2. The van der Waals surface area contributed by atoms with Gasteiger partial charge in [-0.05, 0) is 62.6 Å². The molecule has 0 spiro atoms. The van der Waals surface area contributed by atoms with E-state index < -0.39 is 0 Å². The highest BCUT2D eigenvalue weighted by Crippen LogP contribution is 2.25. The maximum Gasteiger partial charge on any atom is 0.213 e. The first-order valence-electron chi connectivity index (χ1n) is 10.9. The minimum Gasteiger partial charge on any atom is -0.506 e. The van der Waals surface area contributed by atoms with Crippen LogP contribution in [0.5, 0.6) is 11.6 Å². The quantitative estimate of drug-likeness (QED) is 0.585. The number of nitrogens with zero attached hydrogens (tertiary/aromatic N) is 3. The summed E-state index contributed by atoms with van der Waals surface area (Å²) >= 11 is 0. The van der Waals surface area contributed by atoms with Crippen molar-refractivity contribution in [2.45, 2.75) is 26.7 Å². The van der Waals surface area contributed by atoms with E-state index in [9.17, 15) is 5.11 Å². The van der Waals surface area contributed by atoms with Crippen molar-refractivity contribution in [1.29, 1.82) is 0 Å². The lowest BCUT2D eigenvalue weighted by Crippen LogP contribution is -2.46. The highest BCUT2D eigenvalue weighted by atomic mass is 16.5. The minimum atomic E-state index is 0.193. The zero-order chi connectivity index (χ0) is 20.9. The Kier molecular flexibility index (Phi) is 6.38. The van der Waals surface area contributed by atoms with Crippen LogP contribution in [0.2, 0.25) is 0 Å². The lowest BCUT2D eigenvalue weighted by molar-refractivity contribution is 0.236. The molecule has 30 heavy (non-hydrogen) atoms. The summed E-state index contributed by atoms with van der Waals surface area (Å²) in [5, 5.41) is 10.9. The van der Waals surface area contributed by atoms with Crippen molar-refractivity contribution >= 4 is 16.6 Å². The third-order valence-electron chi connectivity index (χ3n) is 6.08. The Morgan fingerprint density at radius 1 is 0.933 bits per heavy atom. The van der Waals surface area contributed by atoms with Crippen LogP contribution in [-0.2, 0) is 0 Å². The number of anilines is 1. The fourth-order valence-electron chi connectivity index (χ4n) is 4.10. The Balaban J connectivity index is 1.18. The Labute approximate surface area is 178 Å².